The molecule has 3 N–H and O–H groups in total. The van der Waals surface area contributed by atoms with Gasteiger partial charge in [0.15, 0.2) is 5.96 Å². The first-order chi connectivity index (χ1) is 10.4. The molecule has 126 valence electrons. The Balaban J connectivity index is 2.25. The van der Waals surface area contributed by atoms with Crippen LogP contribution in [0.5, 0.6) is 0 Å². The third kappa shape index (κ3) is 6.71. The van der Waals surface area contributed by atoms with Crippen molar-refractivity contribution in [1.82, 2.24) is 20.3 Å². The molecule has 9 heteroatoms. The predicted molar refractivity (Wildman–Crippen MR) is 92.1 cm³/mol. The molecule has 0 aliphatic heterocycles. The Morgan fingerprint density at radius 1 is 1.23 bits per heavy atom. The zero-order chi connectivity index (χ0) is 16.6. The van der Waals surface area contributed by atoms with E-state index in [1.807, 2.05) is 6.92 Å². The van der Waals surface area contributed by atoms with Crippen LogP contribution in [0.4, 0.5) is 0 Å². The number of aryl methyl sites for hydroxylation is 2. The summed E-state index contributed by atoms with van der Waals surface area (Å²) in [6, 6.07) is 0. The highest BCUT2D eigenvalue weighted by Gasteiger charge is 2.06. The second-order valence-corrected chi connectivity index (χ2v) is 8.11. The van der Waals surface area contributed by atoms with E-state index in [1.165, 1.54) is 4.88 Å². The summed E-state index contributed by atoms with van der Waals surface area (Å²) in [5.41, 5.74) is 1.09. The van der Waals surface area contributed by atoms with Crippen LogP contribution < -0.4 is 15.4 Å². The fourth-order valence-corrected chi connectivity index (χ4v) is 3.19. The standard InChI is InChI=1S/C13H25N5O2S2/c1-5-22(19,20)17-9-8-16-13(14-4)15-7-6-12-18-10(2)11(3)21-12/h17H,5-9H2,1-4H3,(H2,14,15,16). The molecular weight excluding hydrogens is 322 g/mol. The highest BCUT2D eigenvalue weighted by Crippen LogP contribution is 2.16. The third-order valence-corrected chi connectivity index (χ3v) is 5.58. The van der Waals surface area contributed by atoms with Gasteiger partial charge in [-0.1, -0.05) is 0 Å². The van der Waals surface area contributed by atoms with E-state index in [0.717, 1.165) is 23.7 Å². The zero-order valence-corrected chi connectivity index (χ0v) is 15.2. The Morgan fingerprint density at radius 3 is 2.45 bits per heavy atom. The molecule has 1 heterocycles. The van der Waals surface area contributed by atoms with Gasteiger partial charge in [0, 0.05) is 38.0 Å². The van der Waals surface area contributed by atoms with E-state index in [4.69, 9.17) is 0 Å². The van der Waals surface area contributed by atoms with Crippen LogP contribution in [0.3, 0.4) is 0 Å². The molecular formula is C13H25N5O2S2. The van der Waals surface area contributed by atoms with Crippen LogP contribution in [0.15, 0.2) is 4.99 Å². The van der Waals surface area contributed by atoms with Crippen LogP contribution in [-0.2, 0) is 16.4 Å². The van der Waals surface area contributed by atoms with Gasteiger partial charge in [-0.2, -0.15) is 0 Å². The molecule has 0 atom stereocenters. The van der Waals surface area contributed by atoms with Crippen LogP contribution in [0.2, 0.25) is 0 Å². The Bertz CT molecular complexity index is 576. The summed E-state index contributed by atoms with van der Waals surface area (Å²) in [5.74, 6) is 0.743. The van der Waals surface area contributed by atoms with Crippen LogP contribution in [0, 0.1) is 13.8 Å². The van der Waals surface area contributed by atoms with Gasteiger partial charge in [-0.05, 0) is 20.8 Å². The number of guanidine groups is 1. The maximum Gasteiger partial charge on any atom is 0.211 e. The molecule has 1 aromatic heterocycles. The smallest absolute Gasteiger partial charge is 0.211 e. The van der Waals surface area contributed by atoms with Crippen molar-refractivity contribution in [2.45, 2.75) is 27.2 Å². The van der Waals surface area contributed by atoms with Gasteiger partial charge in [0.05, 0.1) is 16.5 Å². The van der Waals surface area contributed by atoms with E-state index in [0.29, 0.717) is 19.0 Å². The summed E-state index contributed by atoms with van der Waals surface area (Å²) in [5, 5.41) is 7.36. The summed E-state index contributed by atoms with van der Waals surface area (Å²) in [7, 11) is -1.45. The second-order valence-electron chi connectivity index (χ2n) is 4.72. The predicted octanol–water partition coefficient (Wildman–Crippen LogP) is 0.407. The number of hydrogen-bond acceptors (Lipinski definition) is 5. The number of sulfonamides is 1. The number of thiazole rings is 1. The fraction of sp³-hybridized carbons (Fsp3) is 0.692. The van der Waals surface area contributed by atoms with E-state index in [2.05, 4.69) is 32.3 Å². The van der Waals surface area contributed by atoms with Crippen LogP contribution in [-0.4, -0.2) is 51.8 Å². The Labute approximate surface area is 136 Å². The van der Waals surface area contributed by atoms with E-state index in [9.17, 15) is 8.42 Å². The van der Waals surface area contributed by atoms with Crippen molar-refractivity contribution in [3.8, 4) is 0 Å². The highest BCUT2D eigenvalue weighted by atomic mass is 32.2. The molecule has 0 aromatic carbocycles. The molecule has 0 saturated heterocycles. The SMILES string of the molecule is CCS(=O)(=O)NCCNC(=NC)NCCc1nc(C)c(C)s1. The lowest BCUT2D eigenvalue weighted by Crippen LogP contribution is -2.42. The average Bonchev–Trinajstić information content (AvgIpc) is 2.80. The molecule has 0 spiro atoms. The van der Waals surface area contributed by atoms with Gasteiger partial charge in [-0.15, -0.1) is 11.3 Å². The van der Waals surface area contributed by atoms with Crippen LogP contribution in [0.1, 0.15) is 22.5 Å². The lowest BCUT2D eigenvalue weighted by molar-refractivity contribution is 0.582. The van der Waals surface area contributed by atoms with Crippen molar-refractivity contribution in [1.29, 1.82) is 0 Å². The number of nitrogens with one attached hydrogen (secondary N) is 3. The van der Waals surface area contributed by atoms with Gasteiger partial charge in [-0.25, -0.2) is 18.1 Å². The quantitative estimate of drug-likeness (QED) is 0.360. The molecule has 22 heavy (non-hydrogen) atoms. The Kier molecular flexibility index (Phi) is 7.77. The first-order valence-electron chi connectivity index (χ1n) is 7.22. The summed E-state index contributed by atoms with van der Waals surface area (Å²) in [6.45, 7) is 7.24. The largest absolute Gasteiger partial charge is 0.356 e. The fourth-order valence-electron chi connectivity index (χ4n) is 1.64. The molecule has 0 fully saturated rings. The maximum atomic E-state index is 11.3. The topological polar surface area (TPSA) is 95.5 Å². The molecule has 0 aliphatic rings. The molecule has 0 unspecified atom stereocenters. The molecule has 1 aromatic rings. The van der Waals surface area contributed by atoms with Crippen molar-refractivity contribution < 1.29 is 8.42 Å². The van der Waals surface area contributed by atoms with Crippen molar-refractivity contribution in [2.75, 3.05) is 32.4 Å². The minimum Gasteiger partial charge on any atom is -0.356 e. The van der Waals surface area contributed by atoms with Crippen molar-refractivity contribution in [3.63, 3.8) is 0 Å². The minimum atomic E-state index is -3.14. The molecule has 0 saturated carbocycles. The molecule has 0 aliphatic carbocycles. The second kappa shape index (κ2) is 9.06. The van der Waals surface area contributed by atoms with E-state index >= 15 is 0 Å². The zero-order valence-electron chi connectivity index (χ0n) is 13.6. The number of hydrogen-bond donors (Lipinski definition) is 3. The van der Waals surface area contributed by atoms with Crippen molar-refractivity contribution in [2.24, 2.45) is 4.99 Å². The monoisotopic (exact) mass is 347 g/mol. The minimum absolute atomic E-state index is 0.0899. The normalized spacial score (nSPS) is 12.5. The van der Waals surface area contributed by atoms with Gasteiger partial charge in [0.25, 0.3) is 0 Å². The number of aromatic nitrogens is 1. The van der Waals surface area contributed by atoms with Gasteiger partial charge in [0.2, 0.25) is 10.0 Å². The summed E-state index contributed by atoms with van der Waals surface area (Å²) in [4.78, 5) is 9.83. The third-order valence-electron chi connectivity index (χ3n) is 3.05. The molecule has 1 rings (SSSR count). The Hall–Kier alpha value is -1.19. The van der Waals surface area contributed by atoms with Gasteiger partial charge in [0.1, 0.15) is 0 Å². The van der Waals surface area contributed by atoms with Crippen molar-refractivity contribution in [3.05, 3.63) is 15.6 Å². The number of aliphatic imine (C=N–C) groups is 1. The van der Waals surface area contributed by atoms with Gasteiger partial charge < -0.3 is 10.6 Å². The van der Waals surface area contributed by atoms with Crippen LogP contribution in [0.25, 0.3) is 0 Å². The summed E-state index contributed by atoms with van der Waals surface area (Å²) >= 11 is 1.71. The highest BCUT2D eigenvalue weighted by molar-refractivity contribution is 7.89. The lowest BCUT2D eigenvalue weighted by Gasteiger charge is -2.11. The number of rotatable bonds is 8. The molecule has 0 bridgehead atoms. The lowest BCUT2D eigenvalue weighted by atomic mass is 10.4. The first kappa shape index (κ1) is 18.9. The summed E-state index contributed by atoms with van der Waals surface area (Å²) in [6.07, 6.45) is 0.836. The maximum absolute atomic E-state index is 11.3. The van der Waals surface area contributed by atoms with Gasteiger partial charge in [-0.3, -0.25) is 4.99 Å². The average molecular weight is 348 g/mol. The first-order valence-corrected chi connectivity index (χ1v) is 9.69. The van der Waals surface area contributed by atoms with Gasteiger partial charge >= 0.3 is 0 Å². The summed E-state index contributed by atoms with van der Waals surface area (Å²) < 4.78 is 25.1. The van der Waals surface area contributed by atoms with E-state index < -0.39 is 10.0 Å². The van der Waals surface area contributed by atoms with E-state index in [1.54, 1.807) is 25.3 Å². The Morgan fingerprint density at radius 2 is 1.91 bits per heavy atom. The molecule has 0 radical (unpaired) electrons. The molecule has 7 nitrogen and oxygen atoms in total. The van der Waals surface area contributed by atoms with Crippen LogP contribution >= 0.6 is 11.3 Å². The van der Waals surface area contributed by atoms with Crippen molar-refractivity contribution >= 4 is 27.3 Å². The number of nitrogens with zero attached hydrogens (tertiary/aromatic N) is 2. The molecule has 0 amide bonds. The van der Waals surface area contributed by atoms with E-state index in [-0.39, 0.29) is 5.75 Å².